The summed E-state index contributed by atoms with van der Waals surface area (Å²) in [7, 11) is 0. The Labute approximate surface area is 165 Å². The van der Waals surface area contributed by atoms with E-state index >= 15 is 0 Å². The van der Waals surface area contributed by atoms with Gasteiger partial charge in [-0.1, -0.05) is 44.8 Å². The normalized spacial score (nSPS) is 50.6. The van der Waals surface area contributed by atoms with E-state index in [4.69, 9.17) is 0 Å². The molecule has 2 nitrogen and oxygen atoms in total. The highest BCUT2D eigenvalue weighted by molar-refractivity contribution is 5.89. The van der Waals surface area contributed by atoms with Gasteiger partial charge in [-0.3, -0.25) is 4.79 Å². The molecular weight excluding hydrogens is 332 g/mol. The van der Waals surface area contributed by atoms with E-state index in [1.807, 2.05) is 0 Å². The number of ketones is 1. The Morgan fingerprint density at radius 1 is 0.963 bits per heavy atom. The SMILES string of the molecule is C[C@@]12CC[C@@H]3[C@H](CC=C4C[C@@H](O)CC[C@@]43C)[C@H]1C[C@@H](C1CCCCC1)C2=O. The molecule has 5 aliphatic carbocycles. The van der Waals surface area contributed by atoms with Gasteiger partial charge in [0.2, 0.25) is 0 Å². The summed E-state index contributed by atoms with van der Waals surface area (Å²) in [6.45, 7) is 4.82. The van der Waals surface area contributed by atoms with Gasteiger partial charge in [-0.25, -0.2) is 0 Å². The summed E-state index contributed by atoms with van der Waals surface area (Å²) in [6, 6.07) is 0. The minimum Gasteiger partial charge on any atom is -0.393 e. The fourth-order valence-corrected chi connectivity index (χ4v) is 8.45. The smallest absolute Gasteiger partial charge is 0.142 e. The Balaban J connectivity index is 1.43. The molecule has 0 unspecified atom stereocenters. The van der Waals surface area contributed by atoms with E-state index in [-0.39, 0.29) is 16.9 Å². The number of aliphatic hydroxyl groups excluding tert-OH is 1. The van der Waals surface area contributed by atoms with Gasteiger partial charge in [0.1, 0.15) is 5.78 Å². The zero-order valence-electron chi connectivity index (χ0n) is 17.4. The highest BCUT2D eigenvalue weighted by Gasteiger charge is 2.61. The molecule has 0 saturated heterocycles. The molecule has 0 amide bonds. The first kappa shape index (κ1) is 18.4. The molecule has 0 aromatic heterocycles. The average molecular weight is 371 g/mol. The Hall–Kier alpha value is -0.630. The third-order valence-corrected chi connectivity index (χ3v) is 10.1. The molecule has 0 bridgehead atoms. The molecule has 0 spiro atoms. The van der Waals surface area contributed by atoms with Crippen LogP contribution in [0.15, 0.2) is 11.6 Å². The van der Waals surface area contributed by atoms with Crippen molar-refractivity contribution >= 4 is 5.78 Å². The number of Topliss-reactive ketones (excluding diaryl/α,β-unsaturated/α-hetero) is 1. The van der Waals surface area contributed by atoms with Crippen molar-refractivity contribution in [1.82, 2.24) is 0 Å². The fourth-order valence-electron chi connectivity index (χ4n) is 8.45. The van der Waals surface area contributed by atoms with Crippen LogP contribution in [0.5, 0.6) is 0 Å². The summed E-state index contributed by atoms with van der Waals surface area (Å²) < 4.78 is 0. The molecule has 1 N–H and O–H groups in total. The van der Waals surface area contributed by atoms with E-state index < -0.39 is 0 Å². The molecule has 2 heteroatoms. The van der Waals surface area contributed by atoms with Gasteiger partial charge in [0.25, 0.3) is 0 Å². The summed E-state index contributed by atoms with van der Waals surface area (Å²) in [5, 5.41) is 10.2. The topological polar surface area (TPSA) is 37.3 Å². The second-order valence-corrected chi connectivity index (χ2v) is 11.2. The van der Waals surface area contributed by atoms with E-state index in [9.17, 15) is 9.90 Å². The van der Waals surface area contributed by atoms with Crippen LogP contribution >= 0.6 is 0 Å². The standard InChI is InChI=1S/C25H38O2/c1-24-12-10-18(26)14-17(24)8-9-19-21(24)11-13-25(2)22(19)15-20(23(25)27)16-6-4-3-5-7-16/h8,16,18-22,26H,3-7,9-15H2,1-2H3/t18-,19-,20-,21+,22+,24-,25+/m0/s1. The molecule has 4 saturated carbocycles. The maximum atomic E-state index is 13.6. The maximum absolute atomic E-state index is 13.6. The number of rotatable bonds is 1. The molecule has 5 aliphatic rings. The fraction of sp³-hybridized carbons (Fsp3) is 0.880. The van der Waals surface area contributed by atoms with Gasteiger partial charge in [0.15, 0.2) is 0 Å². The van der Waals surface area contributed by atoms with Crippen LogP contribution in [-0.2, 0) is 4.79 Å². The summed E-state index contributed by atoms with van der Waals surface area (Å²) >= 11 is 0. The van der Waals surface area contributed by atoms with E-state index in [1.54, 1.807) is 5.57 Å². The lowest BCUT2D eigenvalue weighted by Crippen LogP contribution is -2.50. The molecule has 0 heterocycles. The highest BCUT2D eigenvalue weighted by atomic mass is 16.3. The van der Waals surface area contributed by atoms with Crippen molar-refractivity contribution in [3.8, 4) is 0 Å². The van der Waals surface area contributed by atoms with Crippen LogP contribution in [0.4, 0.5) is 0 Å². The molecule has 5 rings (SSSR count). The zero-order valence-corrected chi connectivity index (χ0v) is 17.4. The number of hydrogen-bond acceptors (Lipinski definition) is 2. The number of hydrogen-bond donors (Lipinski definition) is 1. The summed E-state index contributed by atoms with van der Waals surface area (Å²) in [6.07, 6.45) is 16.7. The summed E-state index contributed by atoms with van der Waals surface area (Å²) in [5.41, 5.74) is 1.79. The molecule has 0 aliphatic heterocycles. The van der Waals surface area contributed by atoms with Gasteiger partial charge in [-0.05, 0) is 86.9 Å². The van der Waals surface area contributed by atoms with Crippen molar-refractivity contribution in [2.45, 2.75) is 97.0 Å². The second-order valence-electron chi connectivity index (χ2n) is 11.2. The predicted octanol–water partition coefficient (Wildman–Crippen LogP) is 5.69. The minimum atomic E-state index is -0.126. The third kappa shape index (κ3) is 2.65. The molecule has 27 heavy (non-hydrogen) atoms. The van der Waals surface area contributed by atoms with Crippen molar-refractivity contribution in [2.75, 3.05) is 0 Å². The molecule has 0 aromatic carbocycles. The van der Waals surface area contributed by atoms with E-state index in [0.717, 1.165) is 38.0 Å². The average Bonchev–Trinajstić information content (AvgIpc) is 2.94. The van der Waals surface area contributed by atoms with Crippen LogP contribution in [0, 0.1) is 40.4 Å². The zero-order chi connectivity index (χ0) is 18.8. The number of carbonyl (C=O) groups excluding carboxylic acids is 1. The van der Waals surface area contributed by atoms with Crippen LogP contribution in [0.1, 0.15) is 90.9 Å². The Morgan fingerprint density at radius 2 is 1.70 bits per heavy atom. The number of allylic oxidation sites excluding steroid dienone is 1. The molecule has 7 atom stereocenters. The molecule has 0 aromatic rings. The first-order valence-corrected chi connectivity index (χ1v) is 11.9. The third-order valence-electron chi connectivity index (χ3n) is 10.1. The lowest BCUT2D eigenvalue weighted by Gasteiger charge is -2.56. The van der Waals surface area contributed by atoms with Gasteiger partial charge in [0.05, 0.1) is 6.10 Å². The van der Waals surface area contributed by atoms with Gasteiger partial charge in [-0.2, -0.15) is 0 Å². The molecule has 150 valence electrons. The monoisotopic (exact) mass is 370 g/mol. The first-order chi connectivity index (χ1) is 12.9. The van der Waals surface area contributed by atoms with Crippen LogP contribution < -0.4 is 0 Å². The Kier molecular flexibility index (Phi) is 4.39. The first-order valence-electron chi connectivity index (χ1n) is 11.9. The summed E-state index contributed by atoms with van der Waals surface area (Å²) in [4.78, 5) is 13.6. The minimum absolute atomic E-state index is 0.0425. The lowest BCUT2D eigenvalue weighted by atomic mass is 9.48. The maximum Gasteiger partial charge on any atom is 0.142 e. The van der Waals surface area contributed by atoms with Gasteiger partial charge in [0, 0.05) is 11.3 Å². The Morgan fingerprint density at radius 3 is 2.48 bits per heavy atom. The molecule has 0 radical (unpaired) electrons. The quantitative estimate of drug-likeness (QED) is 0.602. The van der Waals surface area contributed by atoms with Crippen molar-refractivity contribution in [1.29, 1.82) is 0 Å². The van der Waals surface area contributed by atoms with Crippen LogP contribution in [-0.4, -0.2) is 17.0 Å². The highest BCUT2D eigenvalue weighted by Crippen LogP contribution is 2.65. The van der Waals surface area contributed by atoms with Gasteiger partial charge >= 0.3 is 0 Å². The van der Waals surface area contributed by atoms with Crippen molar-refractivity contribution < 1.29 is 9.90 Å². The molecular formula is C25H38O2. The predicted molar refractivity (Wildman–Crippen MR) is 108 cm³/mol. The van der Waals surface area contributed by atoms with Crippen LogP contribution in [0.3, 0.4) is 0 Å². The van der Waals surface area contributed by atoms with Gasteiger partial charge < -0.3 is 5.11 Å². The van der Waals surface area contributed by atoms with Crippen LogP contribution in [0.25, 0.3) is 0 Å². The van der Waals surface area contributed by atoms with E-state index in [2.05, 4.69) is 19.9 Å². The van der Waals surface area contributed by atoms with Crippen molar-refractivity contribution in [3.63, 3.8) is 0 Å². The largest absolute Gasteiger partial charge is 0.393 e. The van der Waals surface area contributed by atoms with Gasteiger partial charge in [-0.15, -0.1) is 0 Å². The van der Waals surface area contributed by atoms with Crippen LogP contribution in [0.2, 0.25) is 0 Å². The lowest BCUT2D eigenvalue weighted by molar-refractivity contribution is -0.135. The number of fused-ring (bicyclic) bond motifs is 5. The van der Waals surface area contributed by atoms with Crippen molar-refractivity contribution in [2.24, 2.45) is 40.4 Å². The Bertz CT molecular complexity index is 645. The summed E-state index contributed by atoms with van der Waals surface area (Å²) in [5.74, 6) is 3.74. The molecule has 4 fully saturated rings. The number of carbonyl (C=O) groups is 1. The number of aliphatic hydroxyl groups is 1. The van der Waals surface area contributed by atoms with E-state index in [1.165, 1.54) is 44.9 Å². The van der Waals surface area contributed by atoms with Crippen molar-refractivity contribution in [3.05, 3.63) is 11.6 Å². The van der Waals surface area contributed by atoms with E-state index in [0.29, 0.717) is 29.5 Å². The second kappa shape index (κ2) is 6.44.